The smallest absolute Gasteiger partial charge is 0.177 e. The highest BCUT2D eigenvalue weighted by Gasteiger charge is 2.11. The van der Waals surface area contributed by atoms with Gasteiger partial charge in [-0.15, -0.1) is 11.3 Å². The molecule has 0 radical (unpaired) electrons. The molecule has 0 aliphatic rings. The average molecular weight is 265 g/mol. The Labute approximate surface area is 110 Å². The van der Waals surface area contributed by atoms with Crippen molar-refractivity contribution in [3.8, 4) is 0 Å². The van der Waals surface area contributed by atoms with Crippen molar-refractivity contribution in [2.75, 3.05) is 0 Å². The molecule has 2 aromatic rings. The molecule has 0 atom stereocenters. The van der Waals surface area contributed by atoms with Gasteiger partial charge in [-0.1, -0.05) is 23.7 Å². The van der Waals surface area contributed by atoms with E-state index in [2.05, 4.69) is 0 Å². The summed E-state index contributed by atoms with van der Waals surface area (Å²) in [5.74, 6) is 0.175. The second-order valence-electron chi connectivity index (χ2n) is 4.08. The van der Waals surface area contributed by atoms with E-state index >= 15 is 0 Å². The summed E-state index contributed by atoms with van der Waals surface area (Å²) in [7, 11) is 0. The summed E-state index contributed by atoms with van der Waals surface area (Å²) < 4.78 is 0. The number of thiophene rings is 1. The Morgan fingerprint density at radius 3 is 2.41 bits per heavy atom. The second-order valence-corrected chi connectivity index (χ2v) is 5.77. The molecule has 1 heterocycles. The molecule has 1 aromatic carbocycles. The molecule has 0 bridgehead atoms. The van der Waals surface area contributed by atoms with Gasteiger partial charge in [-0.05, 0) is 43.2 Å². The Kier molecular flexibility index (Phi) is 3.65. The highest BCUT2D eigenvalue weighted by atomic mass is 35.5. The first-order valence-corrected chi connectivity index (χ1v) is 6.60. The van der Waals surface area contributed by atoms with Gasteiger partial charge in [-0.25, -0.2) is 0 Å². The molecule has 0 unspecified atom stereocenters. The fourth-order valence-corrected chi connectivity index (χ4v) is 2.68. The van der Waals surface area contributed by atoms with Crippen LogP contribution in [-0.2, 0) is 6.42 Å². The van der Waals surface area contributed by atoms with Crippen LogP contribution < -0.4 is 0 Å². The summed E-state index contributed by atoms with van der Waals surface area (Å²) >= 11 is 7.38. The summed E-state index contributed by atoms with van der Waals surface area (Å²) in [5, 5.41) is 0.698. The number of benzene rings is 1. The van der Waals surface area contributed by atoms with Crippen molar-refractivity contribution < 1.29 is 4.79 Å². The molecule has 0 aliphatic heterocycles. The molecule has 1 nitrogen and oxygen atoms in total. The molecule has 0 saturated carbocycles. The van der Waals surface area contributed by atoms with E-state index in [9.17, 15) is 4.79 Å². The molecular weight excluding hydrogens is 252 g/mol. The standard InChI is InChI=1S/C14H13ClOS/c1-9-7-14(17-10(9)2)13(16)8-11-3-5-12(15)6-4-11/h3-7H,8H2,1-2H3. The van der Waals surface area contributed by atoms with Crippen LogP contribution in [0.15, 0.2) is 30.3 Å². The zero-order valence-corrected chi connectivity index (χ0v) is 11.4. The predicted octanol–water partition coefficient (Wildman–Crippen LogP) is 4.44. The van der Waals surface area contributed by atoms with E-state index in [1.807, 2.05) is 44.2 Å². The lowest BCUT2D eigenvalue weighted by Gasteiger charge is -1.99. The third-order valence-electron chi connectivity index (χ3n) is 2.72. The molecule has 1 aromatic heterocycles. The van der Waals surface area contributed by atoms with E-state index in [0.717, 1.165) is 10.4 Å². The fraction of sp³-hybridized carbons (Fsp3) is 0.214. The number of hydrogen-bond acceptors (Lipinski definition) is 2. The number of halogens is 1. The molecular formula is C14H13ClOS. The summed E-state index contributed by atoms with van der Waals surface area (Å²) in [6, 6.07) is 9.39. The van der Waals surface area contributed by atoms with Crippen LogP contribution in [0.3, 0.4) is 0 Å². The Bertz CT molecular complexity index is 520. The number of aryl methyl sites for hydroxylation is 2. The molecule has 0 fully saturated rings. The average Bonchev–Trinajstić information content (AvgIpc) is 2.63. The first-order valence-electron chi connectivity index (χ1n) is 5.41. The van der Waals surface area contributed by atoms with Crippen LogP contribution in [0.2, 0.25) is 5.02 Å². The first kappa shape index (κ1) is 12.3. The molecule has 0 N–H and O–H groups in total. The van der Waals surface area contributed by atoms with E-state index in [1.165, 1.54) is 10.4 Å². The number of carbonyl (C=O) groups is 1. The van der Waals surface area contributed by atoms with Crippen molar-refractivity contribution in [3.63, 3.8) is 0 Å². The number of Topliss-reactive ketones (excluding diaryl/α,β-unsaturated/α-hetero) is 1. The van der Waals surface area contributed by atoms with E-state index < -0.39 is 0 Å². The third-order valence-corrected chi connectivity index (χ3v) is 4.16. The highest BCUT2D eigenvalue weighted by molar-refractivity contribution is 7.14. The van der Waals surface area contributed by atoms with Gasteiger partial charge in [0.05, 0.1) is 4.88 Å². The van der Waals surface area contributed by atoms with E-state index in [1.54, 1.807) is 11.3 Å². The predicted molar refractivity (Wildman–Crippen MR) is 73.3 cm³/mol. The van der Waals surface area contributed by atoms with Crippen LogP contribution in [0.25, 0.3) is 0 Å². The molecule has 0 spiro atoms. The maximum atomic E-state index is 12.0. The van der Waals surface area contributed by atoms with Crippen molar-refractivity contribution in [1.82, 2.24) is 0 Å². The van der Waals surface area contributed by atoms with Crippen LogP contribution >= 0.6 is 22.9 Å². The number of ketones is 1. The maximum Gasteiger partial charge on any atom is 0.177 e. The lowest BCUT2D eigenvalue weighted by molar-refractivity contribution is 0.0997. The summed E-state index contributed by atoms with van der Waals surface area (Å²) in [6.45, 7) is 4.07. The minimum absolute atomic E-state index is 0.175. The Balaban J connectivity index is 2.14. The Hall–Kier alpha value is -1.12. The lowest BCUT2D eigenvalue weighted by Crippen LogP contribution is -2.00. The normalized spacial score (nSPS) is 10.5. The fourth-order valence-electron chi connectivity index (χ4n) is 1.59. The van der Waals surface area contributed by atoms with Crippen molar-refractivity contribution in [1.29, 1.82) is 0 Å². The molecule has 0 aliphatic carbocycles. The van der Waals surface area contributed by atoms with E-state index in [-0.39, 0.29) is 5.78 Å². The van der Waals surface area contributed by atoms with Gasteiger partial charge in [-0.2, -0.15) is 0 Å². The molecule has 2 rings (SSSR count). The summed E-state index contributed by atoms with van der Waals surface area (Å²) in [5.41, 5.74) is 2.19. The van der Waals surface area contributed by atoms with Crippen LogP contribution in [-0.4, -0.2) is 5.78 Å². The Morgan fingerprint density at radius 2 is 1.88 bits per heavy atom. The third kappa shape index (κ3) is 2.96. The molecule has 3 heteroatoms. The van der Waals surface area contributed by atoms with E-state index in [0.29, 0.717) is 11.4 Å². The molecule has 88 valence electrons. The van der Waals surface area contributed by atoms with Gasteiger partial charge < -0.3 is 0 Å². The van der Waals surface area contributed by atoms with Crippen LogP contribution in [0.1, 0.15) is 25.7 Å². The minimum atomic E-state index is 0.175. The zero-order chi connectivity index (χ0) is 12.4. The van der Waals surface area contributed by atoms with Crippen molar-refractivity contribution in [3.05, 3.63) is 56.2 Å². The molecule has 0 amide bonds. The topological polar surface area (TPSA) is 17.1 Å². The highest BCUT2D eigenvalue weighted by Crippen LogP contribution is 2.22. The van der Waals surface area contributed by atoms with Crippen molar-refractivity contribution in [2.24, 2.45) is 0 Å². The van der Waals surface area contributed by atoms with Crippen molar-refractivity contribution in [2.45, 2.75) is 20.3 Å². The molecule has 0 saturated heterocycles. The number of rotatable bonds is 3. The van der Waals surface area contributed by atoms with Gasteiger partial charge >= 0.3 is 0 Å². The summed E-state index contributed by atoms with van der Waals surface area (Å²) in [4.78, 5) is 14.1. The van der Waals surface area contributed by atoms with Gasteiger partial charge in [0.1, 0.15) is 0 Å². The van der Waals surface area contributed by atoms with Gasteiger partial charge in [-0.3, -0.25) is 4.79 Å². The molecule has 17 heavy (non-hydrogen) atoms. The van der Waals surface area contributed by atoms with Crippen molar-refractivity contribution >= 4 is 28.7 Å². The van der Waals surface area contributed by atoms with Crippen LogP contribution in [0, 0.1) is 13.8 Å². The minimum Gasteiger partial charge on any atom is -0.293 e. The SMILES string of the molecule is Cc1cc(C(=O)Cc2ccc(Cl)cc2)sc1C. The lowest BCUT2D eigenvalue weighted by atomic mass is 10.1. The number of hydrogen-bond donors (Lipinski definition) is 0. The zero-order valence-electron chi connectivity index (χ0n) is 9.79. The maximum absolute atomic E-state index is 12.0. The van der Waals surface area contributed by atoms with Gasteiger partial charge in [0, 0.05) is 16.3 Å². The number of carbonyl (C=O) groups excluding carboxylic acids is 1. The van der Waals surface area contributed by atoms with Crippen LogP contribution in [0.4, 0.5) is 0 Å². The van der Waals surface area contributed by atoms with E-state index in [4.69, 9.17) is 11.6 Å². The van der Waals surface area contributed by atoms with Crippen LogP contribution in [0.5, 0.6) is 0 Å². The second kappa shape index (κ2) is 5.03. The first-order chi connectivity index (χ1) is 8.06. The quantitative estimate of drug-likeness (QED) is 0.749. The monoisotopic (exact) mass is 264 g/mol. The van der Waals surface area contributed by atoms with Gasteiger partial charge in [0.15, 0.2) is 5.78 Å². The summed E-state index contributed by atoms with van der Waals surface area (Å²) in [6.07, 6.45) is 0.441. The Morgan fingerprint density at radius 1 is 1.24 bits per heavy atom. The van der Waals surface area contributed by atoms with Gasteiger partial charge in [0.2, 0.25) is 0 Å². The largest absolute Gasteiger partial charge is 0.293 e. The van der Waals surface area contributed by atoms with Gasteiger partial charge in [0.25, 0.3) is 0 Å².